The summed E-state index contributed by atoms with van der Waals surface area (Å²) in [5, 5.41) is 24.7. The van der Waals surface area contributed by atoms with E-state index < -0.39 is 75.5 Å². The number of rotatable bonds is 4. The van der Waals surface area contributed by atoms with E-state index in [4.69, 9.17) is 14.2 Å². The molecule has 9 nitrogen and oxygen atoms in total. The molecule has 0 saturated heterocycles. The molecule has 0 radical (unpaired) electrons. The maximum absolute atomic E-state index is 13.7. The van der Waals surface area contributed by atoms with Crippen LogP contribution in [0.1, 0.15) is 78.1 Å². The van der Waals surface area contributed by atoms with E-state index in [0.717, 1.165) is 0 Å². The molecule has 1 aromatic carbocycles. The van der Waals surface area contributed by atoms with Crippen LogP contribution in [0.3, 0.4) is 0 Å². The highest BCUT2D eigenvalue weighted by atomic mass is 16.6. The Morgan fingerprint density at radius 1 is 0.900 bits per heavy atom. The summed E-state index contributed by atoms with van der Waals surface area (Å²) < 4.78 is 18.1. The molecule has 40 heavy (non-hydrogen) atoms. The highest BCUT2D eigenvalue weighted by molar-refractivity contribution is 5.95. The van der Waals surface area contributed by atoms with Gasteiger partial charge in [0, 0.05) is 36.0 Å². The van der Waals surface area contributed by atoms with Crippen molar-refractivity contribution in [3.63, 3.8) is 0 Å². The van der Waals surface area contributed by atoms with Gasteiger partial charge in [-0.3, -0.25) is 14.4 Å². The van der Waals surface area contributed by atoms with Gasteiger partial charge in [-0.2, -0.15) is 0 Å². The molecule has 0 bridgehead atoms. The van der Waals surface area contributed by atoms with Crippen molar-refractivity contribution in [1.82, 2.24) is 0 Å². The van der Waals surface area contributed by atoms with E-state index in [1.807, 2.05) is 20.8 Å². The Hall–Kier alpha value is -2.78. The molecular formula is C31H40O9. The molecule has 0 aromatic heterocycles. The third-order valence-electron chi connectivity index (χ3n) is 10.8. The minimum Gasteiger partial charge on any atom is -0.461 e. The van der Waals surface area contributed by atoms with Crippen LogP contribution in [0, 0.1) is 34.0 Å². The predicted molar refractivity (Wildman–Crippen MR) is 142 cm³/mol. The normalized spacial score (nSPS) is 44.8. The highest BCUT2D eigenvalue weighted by Crippen LogP contribution is 2.76. The molecule has 0 spiro atoms. The van der Waals surface area contributed by atoms with Crippen LogP contribution >= 0.6 is 0 Å². The number of fused-ring (bicyclic) bond motifs is 4. The van der Waals surface area contributed by atoms with Gasteiger partial charge in [-0.15, -0.1) is 0 Å². The van der Waals surface area contributed by atoms with Crippen molar-refractivity contribution in [2.45, 2.75) is 97.2 Å². The van der Waals surface area contributed by atoms with Gasteiger partial charge in [-0.05, 0) is 37.3 Å². The minimum atomic E-state index is -1.78. The topological polar surface area (TPSA) is 136 Å². The Balaban J connectivity index is 1.69. The quantitative estimate of drug-likeness (QED) is 0.423. The molecule has 9 heteroatoms. The molecule has 4 aliphatic carbocycles. The smallest absolute Gasteiger partial charge is 0.338 e. The van der Waals surface area contributed by atoms with E-state index in [0.29, 0.717) is 12.0 Å². The average molecular weight is 557 g/mol. The molecule has 4 aliphatic rings. The van der Waals surface area contributed by atoms with E-state index in [-0.39, 0.29) is 24.5 Å². The van der Waals surface area contributed by atoms with Gasteiger partial charge in [0.15, 0.2) is 5.78 Å². The van der Waals surface area contributed by atoms with Crippen LogP contribution in [0.2, 0.25) is 0 Å². The Bertz CT molecular complexity index is 1260. The van der Waals surface area contributed by atoms with E-state index in [1.54, 1.807) is 44.2 Å². The van der Waals surface area contributed by atoms with Crippen LogP contribution in [0.4, 0.5) is 0 Å². The van der Waals surface area contributed by atoms with Crippen LogP contribution in [-0.2, 0) is 28.6 Å². The first kappa shape index (κ1) is 28.7. The fraction of sp³-hybridized carbons (Fsp3) is 0.677. The van der Waals surface area contributed by atoms with Crippen LogP contribution < -0.4 is 0 Å². The SMILES string of the molecule is CC(=O)O[C@@H]1[C@H]2[C@@H](OC(=O)c3ccccc3)[C@@H](C)C[C@]2(O)[C@H](OC(C)=O)[C@@]2(C)[C@@H]3CC(C)(C)C(=O)[C@]3(O)C[C@@]12C. The molecule has 4 saturated carbocycles. The van der Waals surface area contributed by atoms with Crippen molar-refractivity contribution in [1.29, 1.82) is 0 Å². The molecule has 0 heterocycles. The molecule has 0 unspecified atom stereocenters. The number of carbonyl (C=O) groups is 4. The third kappa shape index (κ3) is 3.66. The molecule has 0 amide bonds. The second-order valence-electron chi connectivity index (χ2n) is 13.7. The number of hydrogen-bond donors (Lipinski definition) is 2. The van der Waals surface area contributed by atoms with Crippen molar-refractivity contribution < 1.29 is 43.6 Å². The minimum absolute atomic E-state index is 0.0561. The summed E-state index contributed by atoms with van der Waals surface area (Å²) in [7, 11) is 0. The molecule has 2 N–H and O–H groups in total. The lowest BCUT2D eigenvalue weighted by molar-refractivity contribution is -0.284. The maximum atomic E-state index is 13.7. The Kier molecular flexibility index (Phi) is 6.36. The van der Waals surface area contributed by atoms with Crippen LogP contribution in [0.5, 0.6) is 0 Å². The van der Waals surface area contributed by atoms with Gasteiger partial charge in [0.2, 0.25) is 0 Å². The van der Waals surface area contributed by atoms with E-state index in [1.165, 1.54) is 13.8 Å². The van der Waals surface area contributed by atoms with Crippen molar-refractivity contribution >= 4 is 23.7 Å². The fourth-order valence-corrected chi connectivity index (χ4v) is 9.23. The van der Waals surface area contributed by atoms with Gasteiger partial charge in [-0.25, -0.2) is 4.79 Å². The number of ketones is 1. The van der Waals surface area contributed by atoms with Gasteiger partial charge < -0.3 is 24.4 Å². The summed E-state index contributed by atoms with van der Waals surface area (Å²) in [6.07, 6.45) is -2.77. The van der Waals surface area contributed by atoms with Crippen molar-refractivity contribution in [2.24, 2.45) is 34.0 Å². The van der Waals surface area contributed by atoms with Crippen LogP contribution in [0.15, 0.2) is 30.3 Å². The summed E-state index contributed by atoms with van der Waals surface area (Å²) >= 11 is 0. The number of Topliss-reactive ketones (excluding diaryl/α,β-unsaturated/α-hetero) is 1. The van der Waals surface area contributed by atoms with E-state index in [9.17, 15) is 29.4 Å². The predicted octanol–water partition coefficient (Wildman–Crippen LogP) is 3.24. The zero-order valence-corrected chi connectivity index (χ0v) is 24.2. The first-order chi connectivity index (χ1) is 18.4. The fourth-order valence-electron chi connectivity index (χ4n) is 9.23. The number of ether oxygens (including phenoxy) is 3. The molecule has 4 fully saturated rings. The second kappa shape index (κ2) is 8.86. The number of benzene rings is 1. The molecule has 218 valence electrons. The van der Waals surface area contributed by atoms with E-state index >= 15 is 0 Å². The van der Waals surface area contributed by atoms with Crippen LogP contribution in [0.25, 0.3) is 0 Å². The molecular weight excluding hydrogens is 516 g/mol. The van der Waals surface area contributed by atoms with Gasteiger partial charge in [0.25, 0.3) is 0 Å². The Labute approximate surface area is 234 Å². The molecule has 0 aliphatic heterocycles. The first-order valence-corrected chi connectivity index (χ1v) is 14.0. The highest BCUT2D eigenvalue weighted by Gasteiger charge is 2.85. The third-order valence-corrected chi connectivity index (χ3v) is 10.8. The molecule has 10 atom stereocenters. The second-order valence-corrected chi connectivity index (χ2v) is 13.7. The monoisotopic (exact) mass is 556 g/mol. The largest absolute Gasteiger partial charge is 0.461 e. The first-order valence-electron chi connectivity index (χ1n) is 14.0. The summed E-state index contributed by atoms with van der Waals surface area (Å²) in [6.45, 7) is 11.6. The summed E-state index contributed by atoms with van der Waals surface area (Å²) in [5.74, 6) is -4.18. The van der Waals surface area contributed by atoms with Gasteiger partial charge in [0.1, 0.15) is 29.5 Å². The van der Waals surface area contributed by atoms with E-state index in [2.05, 4.69) is 0 Å². The standard InChI is InChI=1S/C31H40O9/c1-16-13-30(36)21(22(16)40-24(34)19-11-9-8-10-12-19)23(38-17(2)32)28(6)15-31(37)20(14-27(4,5)25(31)35)29(28,7)26(30)39-18(3)33/h8-12,16,20-23,26,36-37H,13-15H2,1-7H3/t16-,20-,21+,22-,23+,26+,28-,29+,30+,31-/m0/s1. The zero-order valence-electron chi connectivity index (χ0n) is 24.2. The molecule has 1 aromatic rings. The Morgan fingerprint density at radius 2 is 1.50 bits per heavy atom. The van der Waals surface area contributed by atoms with Crippen LogP contribution in [-0.4, -0.2) is 63.4 Å². The number of hydrogen-bond acceptors (Lipinski definition) is 9. The van der Waals surface area contributed by atoms with Gasteiger partial charge >= 0.3 is 17.9 Å². The van der Waals surface area contributed by atoms with Gasteiger partial charge in [-0.1, -0.05) is 52.8 Å². The number of esters is 3. The maximum Gasteiger partial charge on any atom is 0.338 e. The lowest BCUT2D eigenvalue weighted by Gasteiger charge is -2.62. The summed E-state index contributed by atoms with van der Waals surface area (Å²) in [4.78, 5) is 52.1. The summed E-state index contributed by atoms with van der Waals surface area (Å²) in [5.41, 5.74) is -6.35. The van der Waals surface area contributed by atoms with Gasteiger partial charge in [0.05, 0.1) is 11.5 Å². The zero-order chi connectivity index (χ0) is 29.6. The number of carbonyl (C=O) groups excluding carboxylic acids is 4. The molecule has 5 rings (SSSR count). The summed E-state index contributed by atoms with van der Waals surface area (Å²) in [6, 6.07) is 8.46. The lowest BCUT2D eigenvalue weighted by atomic mass is 9.47. The van der Waals surface area contributed by atoms with Crippen molar-refractivity contribution in [2.75, 3.05) is 0 Å². The average Bonchev–Trinajstić information content (AvgIpc) is 3.29. The van der Waals surface area contributed by atoms with Crippen molar-refractivity contribution in [3.8, 4) is 0 Å². The number of aliphatic hydroxyl groups is 2. The Morgan fingerprint density at radius 3 is 2.08 bits per heavy atom. The lowest BCUT2D eigenvalue weighted by Crippen LogP contribution is -2.72. The van der Waals surface area contributed by atoms with Crippen molar-refractivity contribution in [3.05, 3.63) is 35.9 Å².